The van der Waals surface area contributed by atoms with E-state index in [0.717, 1.165) is 5.56 Å². The maximum absolute atomic E-state index is 12.2. The van der Waals surface area contributed by atoms with Crippen molar-refractivity contribution in [3.63, 3.8) is 0 Å². The molecule has 0 N–H and O–H groups in total. The molecule has 0 bridgehead atoms. The van der Waals surface area contributed by atoms with Gasteiger partial charge in [-0.05, 0) is 59.5 Å². The highest BCUT2D eigenvalue weighted by atomic mass is 35.5. The standard InChI is InChI=1S/C20H13ClO3S/c21-17-5-2-1-4-14(17)9-12-18(22)15-7-10-16(11-8-15)24-20(23)19-6-3-13-25-19/h1-13H/b12-9+. The minimum Gasteiger partial charge on any atom is -0.422 e. The van der Waals surface area contributed by atoms with Crippen LogP contribution in [0.15, 0.2) is 72.1 Å². The maximum atomic E-state index is 12.2. The Hall–Kier alpha value is -2.69. The van der Waals surface area contributed by atoms with E-state index in [-0.39, 0.29) is 5.78 Å². The van der Waals surface area contributed by atoms with Crippen molar-refractivity contribution in [2.75, 3.05) is 0 Å². The van der Waals surface area contributed by atoms with Gasteiger partial charge < -0.3 is 4.74 Å². The molecule has 25 heavy (non-hydrogen) atoms. The molecular weight excluding hydrogens is 356 g/mol. The smallest absolute Gasteiger partial charge is 0.353 e. The van der Waals surface area contributed by atoms with Crippen molar-refractivity contribution >= 4 is 40.8 Å². The first-order valence-corrected chi connectivity index (χ1v) is 8.72. The van der Waals surface area contributed by atoms with Gasteiger partial charge in [0.25, 0.3) is 0 Å². The molecule has 0 spiro atoms. The summed E-state index contributed by atoms with van der Waals surface area (Å²) in [5, 5.41) is 2.39. The second-order valence-corrected chi connectivity index (χ2v) is 6.47. The Morgan fingerprint density at radius 2 is 1.72 bits per heavy atom. The van der Waals surface area contributed by atoms with Crippen LogP contribution >= 0.6 is 22.9 Å². The molecule has 0 saturated carbocycles. The fourth-order valence-electron chi connectivity index (χ4n) is 2.11. The van der Waals surface area contributed by atoms with Crippen LogP contribution in [0.2, 0.25) is 5.02 Å². The molecule has 3 rings (SSSR count). The van der Waals surface area contributed by atoms with E-state index >= 15 is 0 Å². The summed E-state index contributed by atoms with van der Waals surface area (Å²) < 4.78 is 5.26. The molecule has 0 aliphatic carbocycles. The number of ether oxygens (including phenoxy) is 1. The number of rotatable bonds is 5. The van der Waals surface area contributed by atoms with Crippen LogP contribution in [-0.2, 0) is 0 Å². The number of esters is 1. The van der Waals surface area contributed by atoms with Crippen molar-refractivity contribution in [3.05, 3.63) is 93.1 Å². The van der Waals surface area contributed by atoms with Gasteiger partial charge >= 0.3 is 5.97 Å². The lowest BCUT2D eigenvalue weighted by atomic mass is 10.1. The fraction of sp³-hybridized carbons (Fsp3) is 0. The maximum Gasteiger partial charge on any atom is 0.353 e. The minimum absolute atomic E-state index is 0.156. The summed E-state index contributed by atoms with van der Waals surface area (Å²) in [6.07, 6.45) is 3.14. The normalized spacial score (nSPS) is 10.8. The largest absolute Gasteiger partial charge is 0.422 e. The number of allylic oxidation sites excluding steroid dienone is 1. The number of halogens is 1. The van der Waals surface area contributed by atoms with E-state index in [4.69, 9.17) is 16.3 Å². The molecule has 1 heterocycles. The van der Waals surface area contributed by atoms with Gasteiger partial charge in [-0.15, -0.1) is 11.3 Å². The third-order valence-corrected chi connectivity index (χ3v) is 4.59. The van der Waals surface area contributed by atoms with Gasteiger partial charge in [0.2, 0.25) is 0 Å². The number of thiophene rings is 1. The Morgan fingerprint density at radius 1 is 0.960 bits per heavy atom. The van der Waals surface area contributed by atoms with E-state index in [1.165, 1.54) is 17.4 Å². The summed E-state index contributed by atoms with van der Waals surface area (Å²) in [4.78, 5) is 24.6. The lowest BCUT2D eigenvalue weighted by Crippen LogP contribution is -2.06. The van der Waals surface area contributed by atoms with Gasteiger partial charge in [0, 0.05) is 10.6 Å². The first-order chi connectivity index (χ1) is 12.1. The Bertz CT molecular complexity index is 912. The predicted molar refractivity (Wildman–Crippen MR) is 101 cm³/mol. The zero-order chi connectivity index (χ0) is 17.6. The Balaban J connectivity index is 1.66. The molecular formula is C20H13ClO3S. The average molecular weight is 369 g/mol. The zero-order valence-electron chi connectivity index (χ0n) is 13.0. The fourth-order valence-corrected chi connectivity index (χ4v) is 2.91. The molecule has 0 aliphatic rings. The highest BCUT2D eigenvalue weighted by molar-refractivity contribution is 7.12. The lowest BCUT2D eigenvalue weighted by Gasteiger charge is -2.03. The van der Waals surface area contributed by atoms with Gasteiger partial charge in [-0.3, -0.25) is 4.79 Å². The van der Waals surface area contributed by atoms with Crippen molar-refractivity contribution in [2.24, 2.45) is 0 Å². The lowest BCUT2D eigenvalue weighted by molar-refractivity contribution is 0.0740. The number of ketones is 1. The third kappa shape index (κ3) is 4.44. The van der Waals surface area contributed by atoms with Crippen LogP contribution in [0.25, 0.3) is 6.08 Å². The summed E-state index contributed by atoms with van der Waals surface area (Å²) in [5.74, 6) is -0.172. The van der Waals surface area contributed by atoms with Crippen molar-refractivity contribution in [1.82, 2.24) is 0 Å². The first-order valence-electron chi connectivity index (χ1n) is 7.46. The Labute approximate surface area is 154 Å². The van der Waals surface area contributed by atoms with Gasteiger partial charge in [0.05, 0.1) is 0 Å². The zero-order valence-corrected chi connectivity index (χ0v) is 14.6. The number of carbonyl (C=O) groups excluding carboxylic acids is 2. The summed E-state index contributed by atoms with van der Waals surface area (Å²) in [6, 6.07) is 17.2. The molecule has 3 aromatic rings. The molecule has 0 amide bonds. The average Bonchev–Trinajstić information content (AvgIpc) is 3.16. The summed E-state index contributed by atoms with van der Waals surface area (Å²) in [5.41, 5.74) is 1.28. The topological polar surface area (TPSA) is 43.4 Å². The van der Waals surface area contributed by atoms with Crippen molar-refractivity contribution < 1.29 is 14.3 Å². The van der Waals surface area contributed by atoms with Crippen LogP contribution in [0.5, 0.6) is 5.75 Å². The number of hydrogen-bond donors (Lipinski definition) is 0. The molecule has 0 fully saturated rings. The van der Waals surface area contributed by atoms with E-state index in [1.54, 1.807) is 48.5 Å². The van der Waals surface area contributed by atoms with Gasteiger partial charge in [0.15, 0.2) is 5.78 Å². The second kappa shape index (κ2) is 7.92. The van der Waals surface area contributed by atoms with Crippen molar-refractivity contribution in [1.29, 1.82) is 0 Å². The molecule has 2 aromatic carbocycles. The molecule has 0 atom stereocenters. The van der Waals surface area contributed by atoms with E-state index in [2.05, 4.69) is 0 Å². The molecule has 3 nitrogen and oxygen atoms in total. The monoisotopic (exact) mass is 368 g/mol. The summed E-state index contributed by atoms with van der Waals surface area (Å²) in [7, 11) is 0. The molecule has 124 valence electrons. The van der Waals surface area contributed by atoms with Gasteiger partial charge in [0.1, 0.15) is 10.6 Å². The second-order valence-electron chi connectivity index (χ2n) is 5.11. The van der Waals surface area contributed by atoms with Gasteiger partial charge in [-0.25, -0.2) is 4.79 Å². The summed E-state index contributed by atoms with van der Waals surface area (Å²) in [6.45, 7) is 0. The number of carbonyl (C=O) groups is 2. The van der Waals surface area contributed by atoms with E-state index in [9.17, 15) is 9.59 Å². The molecule has 5 heteroatoms. The number of benzene rings is 2. The Kier molecular flexibility index (Phi) is 5.43. The highest BCUT2D eigenvalue weighted by Gasteiger charge is 2.10. The Morgan fingerprint density at radius 3 is 2.40 bits per heavy atom. The summed E-state index contributed by atoms with van der Waals surface area (Å²) >= 11 is 7.37. The molecule has 0 aliphatic heterocycles. The van der Waals surface area contributed by atoms with Crippen molar-refractivity contribution in [2.45, 2.75) is 0 Å². The van der Waals surface area contributed by atoms with Gasteiger partial charge in [-0.1, -0.05) is 35.9 Å². The van der Waals surface area contributed by atoms with Crippen LogP contribution in [0.4, 0.5) is 0 Å². The minimum atomic E-state index is -0.410. The van der Waals surface area contributed by atoms with Crippen LogP contribution < -0.4 is 4.74 Å². The first kappa shape index (κ1) is 17.1. The van der Waals surface area contributed by atoms with Crippen LogP contribution in [0.1, 0.15) is 25.6 Å². The van der Waals surface area contributed by atoms with Crippen LogP contribution in [0, 0.1) is 0 Å². The molecule has 1 aromatic heterocycles. The van der Waals surface area contributed by atoms with Gasteiger partial charge in [-0.2, -0.15) is 0 Å². The van der Waals surface area contributed by atoms with Crippen LogP contribution in [0.3, 0.4) is 0 Å². The third-order valence-electron chi connectivity index (χ3n) is 3.39. The quantitative estimate of drug-likeness (QED) is 0.258. The van der Waals surface area contributed by atoms with Crippen molar-refractivity contribution in [3.8, 4) is 5.75 Å². The van der Waals surface area contributed by atoms with E-state index in [0.29, 0.717) is 21.2 Å². The molecule has 0 saturated heterocycles. The molecule has 0 unspecified atom stereocenters. The SMILES string of the molecule is O=C(/C=C/c1ccccc1Cl)c1ccc(OC(=O)c2cccs2)cc1. The predicted octanol–water partition coefficient (Wildman–Crippen LogP) is 5.52. The van der Waals surface area contributed by atoms with E-state index in [1.807, 2.05) is 23.6 Å². The van der Waals surface area contributed by atoms with E-state index < -0.39 is 5.97 Å². The number of hydrogen-bond acceptors (Lipinski definition) is 4. The highest BCUT2D eigenvalue weighted by Crippen LogP contribution is 2.19. The molecule has 0 radical (unpaired) electrons. The van der Waals surface area contributed by atoms with Crippen LogP contribution in [-0.4, -0.2) is 11.8 Å².